The van der Waals surface area contributed by atoms with E-state index in [0.29, 0.717) is 18.1 Å². The summed E-state index contributed by atoms with van der Waals surface area (Å²) in [5, 5.41) is 0. The summed E-state index contributed by atoms with van der Waals surface area (Å²) in [4.78, 5) is 0. The van der Waals surface area contributed by atoms with Crippen molar-refractivity contribution in [2.24, 2.45) is 5.92 Å². The van der Waals surface area contributed by atoms with Gasteiger partial charge in [-0.3, -0.25) is 0 Å². The first kappa shape index (κ1) is 10.8. The highest BCUT2D eigenvalue weighted by molar-refractivity contribution is 6.18. The van der Waals surface area contributed by atoms with Crippen LogP contribution >= 0.6 is 11.6 Å². The molecule has 0 spiro atoms. The first-order valence-corrected chi connectivity index (χ1v) is 5.38. The molecule has 0 aliphatic carbocycles. The number of benzene rings is 1. The van der Waals surface area contributed by atoms with Gasteiger partial charge in [-0.05, 0) is 24.1 Å². The third-order valence-corrected chi connectivity index (χ3v) is 3.08. The molecule has 1 aromatic rings. The fourth-order valence-electron chi connectivity index (χ4n) is 1.85. The molecule has 15 heavy (non-hydrogen) atoms. The molecule has 0 N–H and O–H groups in total. The quantitative estimate of drug-likeness (QED) is 0.711. The van der Waals surface area contributed by atoms with Gasteiger partial charge in [0.05, 0.1) is 6.10 Å². The van der Waals surface area contributed by atoms with E-state index in [4.69, 9.17) is 16.3 Å². The molecule has 0 aromatic heterocycles. The Kier molecular flexibility index (Phi) is 3.22. The Labute approximate surface area is 92.0 Å². The molecule has 1 aromatic carbocycles. The number of hydrogen-bond donors (Lipinski definition) is 0. The zero-order valence-electron chi connectivity index (χ0n) is 8.05. The number of alkyl halides is 1. The van der Waals surface area contributed by atoms with Crippen LogP contribution in [0.1, 0.15) is 18.1 Å². The van der Waals surface area contributed by atoms with Crippen molar-refractivity contribution in [3.63, 3.8) is 0 Å². The summed E-state index contributed by atoms with van der Waals surface area (Å²) in [6, 6.07) is 3.86. The van der Waals surface area contributed by atoms with E-state index in [1.165, 1.54) is 6.07 Å². The summed E-state index contributed by atoms with van der Waals surface area (Å²) in [7, 11) is 0. The van der Waals surface area contributed by atoms with Crippen molar-refractivity contribution < 1.29 is 13.5 Å². The monoisotopic (exact) mass is 232 g/mol. The molecule has 1 aliphatic rings. The van der Waals surface area contributed by atoms with E-state index < -0.39 is 11.6 Å². The summed E-state index contributed by atoms with van der Waals surface area (Å²) in [5.41, 5.74) is 0.664. The largest absolute Gasteiger partial charge is 0.373 e. The van der Waals surface area contributed by atoms with Crippen LogP contribution in [-0.2, 0) is 4.74 Å². The molecule has 2 unspecified atom stereocenters. The molecule has 2 rings (SSSR count). The number of rotatable bonds is 2. The highest BCUT2D eigenvalue weighted by Crippen LogP contribution is 2.35. The first-order valence-electron chi connectivity index (χ1n) is 4.85. The Morgan fingerprint density at radius 1 is 1.33 bits per heavy atom. The Balaban J connectivity index is 2.25. The van der Waals surface area contributed by atoms with Crippen molar-refractivity contribution in [1.82, 2.24) is 0 Å². The lowest BCUT2D eigenvalue weighted by Gasteiger charge is -2.16. The predicted octanol–water partition coefficient (Wildman–Crippen LogP) is 3.28. The van der Waals surface area contributed by atoms with Gasteiger partial charge >= 0.3 is 0 Å². The van der Waals surface area contributed by atoms with E-state index in [1.54, 1.807) is 6.07 Å². The van der Waals surface area contributed by atoms with E-state index in [2.05, 4.69) is 0 Å². The van der Waals surface area contributed by atoms with Crippen molar-refractivity contribution >= 4 is 11.6 Å². The molecule has 0 bridgehead atoms. The van der Waals surface area contributed by atoms with Gasteiger partial charge in [-0.1, -0.05) is 6.07 Å². The zero-order valence-corrected chi connectivity index (χ0v) is 8.81. The van der Waals surface area contributed by atoms with Crippen molar-refractivity contribution in [2.75, 3.05) is 12.5 Å². The summed E-state index contributed by atoms with van der Waals surface area (Å²) in [5.74, 6) is -1.00. The maximum atomic E-state index is 13.0. The third kappa shape index (κ3) is 2.13. The number of hydrogen-bond acceptors (Lipinski definition) is 1. The van der Waals surface area contributed by atoms with E-state index in [-0.39, 0.29) is 12.0 Å². The van der Waals surface area contributed by atoms with Crippen LogP contribution in [0, 0.1) is 17.6 Å². The molecule has 2 atom stereocenters. The van der Waals surface area contributed by atoms with Gasteiger partial charge in [0.1, 0.15) is 0 Å². The minimum absolute atomic E-state index is 0.191. The Morgan fingerprint density at radius 3 is 2.80 bits per heavy atom. The zero-order chi connectivity index (χ0) is 10.8. The normalized spacial score (nSPS) is 25.8. The van der Waals surface area contributed by atoms with Gasteiger partial charge in [0.15, 0.2) is 11.6 Å². The van der Waals surface area contributed by atoms with Crippen LogP contribution in [-0.4, -0.2) is 12.5 Å². The van der Waals surface area contributed by atoms with Crippen LogP contribution in [0.5, 0.6) is 0 Å². The van der Waals surface area contributed by atoms with Crippen LogP contribution in [0.15, 0.2) is 18.2 Å². The number of ether oxygens (including phenoxy) is 1. The average Bonchev–Trinajstić information content (AvgIpc) is 2.70. The van der Waals surface area contributed by atoms with Gasteiger partial charge in [0.25, 0.3) is 0 Å². The summed E-state index contributed by atoms with van der Waals surface area (Å²) in [6.07, 6.45) is 0.672. The van der Waals surface area contributed by atoms with Gasteiger partial charge in [0.2, 0.25) is 0 Å². The van der Waals surface area contributed by atoms with Gasteiger partial charge in [-0.2, -0.15) is 0 Å². The second kappa shape index (κ2) is 4.45. The molecule has 1 aliphatic heterocycles. The molecule has 1 nitrogen and oxygen atoms in total. The van der Waals surface area contributed by atoms with Crippen LogP contribution < -0.4 is 0 Å². The third-order valence-electron chi connectivity index (χ3n) is 2.68. The topological polar surface area (TPSA) is 9.23 Å². The molecule has 0 radical (unpaired) electrons. The van der Waals surface area contributed by atoms with Crippen LogP contribution in [0.25, 0.3) is 0 Å². The lowest BCUT2D eigenvalue weighted by molar-refractivity contribution is 0.0948. The fraction of sp³-hybridized carbons (Fsp3) is 0.455. The molecule has 0 saturated carbocycles. The summed E-state index contributed by atoms with van der Waals surface area (Å²) < 4.78 is 31.2. The Hall–Kier alpha value is -0.670. The highest BCUT2D eigenvalue weighted by atomic mass is 35.5. The SMILES string of the molecule is Fc1ccc(C2OCCC2CCl)cc1F. The maximum absolute atomic E-state index is 13.0. The summed E-state index contributed by atoms with van der Waals surface area (Å²) >= 11 is 5.78. The van der Waals surface area contributed by atoms with Crippen molar-refractivity contribution in [3.05, 3.63) is 35.4 Å². The highest BCUT2D eigenvalue weighted by Gasteiger charge is 2.29. The smallest absolute Gasteiger partial charge is 0.159 e. The molecule has 82 valence electrons. The number of halogens is 3. The summed E-state index contributed by atoms with van der Waals surface area (Å²) in [6.45, 7) is 0.626. The van der Waals surface area contributed by atoms with Crippen LogP contribution in [0.3, 0.4) is 0 Å². The molecule has 1 fully saturated rings. The molecular weight excluding hydrogens is 222 g/mol. The fourth-order valence-corrected chi connectivity index (χ4v) is 2.17. The van der Waals surface area contributed by atoms with Gasteiger partial charge in [0, 0.05) is 18.4 Å². The van der Waals surface area contributed by atoms with E-state index >= 15 is 0 Å². The molecule has 1 heterocycles. The second-order valence-electron chi connectivity index (χ2n) is 3.67. The Morgan fingerprint density at radius 2 is 2.13 bits per heavy atom. The first-order chi connectivity index (χ1) is 7.22. The lowest BCUT2D eigenvalue weighted by Crippen LogP contribution is -2.09. The van der Waals surface area contributed by atoms with Crippen molar-refractivity contribution in [3.8, 4) is 0 Å². The molecule has 4 heteroatoms. The van der Waals surface area contributed by atoms with Gasteiger partial charge in [-0.15, -0.1) is 11.6 Å². The molecular formula is C11H11ClF2O. The van der Waals surface area contributed by atoms with E-state index in [9.17, 15) is 8.78 Å². The minimum Gasteiger partial charge on any atom is -0.373 e. The van der Waals surface area contributed by atoms with E-state index in [0.717, 1.165) is 12.5 Å². The van der Waals surface area contributed by atoms with Gasteiger partial charge < -0.3 is 4.74 Å². The minimum atomic E-state index is -0.837. The second-order valence-corrected chi connectivity index (χ2v) is 3.98. The van der Waals surface area contributed by atoms with Crippen molar-refractivity contribution in [2.45, 2.75) is 12.5 Å². The standard InChI is InChI=1S/C11H11ClF2O/c12-6-8-3-4-15-11(8)7-1-2-9(13)10(14)5-7/h1-2,5,8,11H,3-4,6H2. The molecule has 1 saturated heterocycles. The Bertz CT molecular complexity index is 356. The predicted molar refractivity (Wildman–Crippen MR) is 53.9 cm³/mol. The maximum Gasteiger partial charge on any atom is 0.159 e. The van der Waals surface area contributed by atoms with E-state index in [1.807, 2.05) is 0 Å². The van der Waals surface area contributed by atoms with Crippen molar-refractivity contribution in [1.29, 1.82) is 0 Å². The average molecular weight is 233 g/mol. The van der Waals surface area contributed by atoms with Crippen LogP contribution in [0.4, 0.5) is 8.78 Å². The van der Waals surface area contributed by atoms with Crippen LogP contribution in [0.2, 0.25) is 0 Å². The van der Waals surface area contributed by atoms with Gasteiger partial charge in [-0.25, -0.2) is 8.78 Å². The molecule has 0 amide bonds. The lowest BCUT2D eigenvalue weighted by atomic mass is 9.97.